The molecule has 86 valence electrons. The van der Waals surface area contributed by atoms with Gasteiger partial charge in [-0.25, -0.2) is 0 Å². The van der Waals surface area contributed by atoms with Crippen molar-refractivity contribution in [2.45, 2.75) is 12.8 Å². The van der Waals surface area contributed by atoms with Gasteiger partial charge in [0.05, 0.1) is 5.02 Å². The van der Waals surface area contributed by atoms with Crippen molar-refractivity contribution < 1.29 is 9.53 Å². The molecule has 4 heteroatoms. The van der Waals surface area contributed by atoms with Gasteiger partial charge in [0.15, 0.2) is 6.61 Å². The van der Waals surface area contributed by atoms with Crippen LogP contribution in [0.3, 0.4) is 0 Å². The lowest BCUT2D eigenvalue weighted by Crippen LogP contribution is -2.30. The van der Waals surface area contributed by atoms with E-state index >= 15 is 0 Å². The predicted molar refractivity (Wildman–Crippen MR) is 62.7 cm³/mol. The number of halogens is 1. The lowest BCUT2D eigenvalue weighted by atomic mass is 10.3. The zero-order chi connectivity index (χ0) is 11.4. The van der Waals surface area contributed by atoms with Crippen molar-refractivity contribution in [2.24, 2.45) is 5.92 Å². The van der Waals surface area contributed by atoms with Crippen molar-refractivity contribution in [3.63, 3.8) is 0 Å². The third-order valence-corrected chi connectivity index (χ3v) is 2.79. The van der Waals surface area contributed by atoms with Gasteiger partial charge in [0.2, 0.25) is 0 Å². The maximum absolute atomic E-state index is 11.4. The van der Waals surface area contributed by atoms with Crippen LogP contribution in [-0.4, -0.2) is 19.1 Å². The molecule has 2 rings (SSSR count). The van der Waals surface area contributed by atoms with Gasteiger partial charge in [-0.2, -0.15) is 0 Å². The van der Waals surface area contributed by atoms with Crippen molar-refractivity contribution in [3.05, 3.63) is 29.3 Å². The molecule has 16 heavy (non-hydrogen) atoms. The van der Waals surface area contributed by atoms with Gasteiger partial charge in [-0.3, -0.25) is 4.79 Å². The first-order valence-electron chi connectivity index (χ1n) is 5.40. The Labute approximate surface area is 99.7 Å². The van der Waals surface area contributed by atoms with Crippen LogP contribution in [0.4, 0.5) is 0 Å². The van der Waals surface area contributed by atoms with Crippen LogP contribution in [-0.2, 0) is 4.79 Å². The van der Waals surface area contributed by atoms with E-state index in [4.69, 9.17) is 16.3 Å². The summed E-state index contributed by atoms with van der Waals surface area (Å²) in [7, 11) is 0. The fraction of sp³-hybridized carbons (Fsp3) is 0.417. The summed E-state index contributed by atoms with van der Waals surface area (Å²) in [6.45, 7) is 0.793. The van der Waals surface area contributed by atoms with Gasteiger partial charge in [0.25, 0.3) is 5.91 Å². The highest BCUT2D eigenvalue weighted by molar-refractivity contribution is 6.32. The van der Waals surface area contributed by atoms with Crippen LogP contribution >= 0.6 is 11.6 Å². The quantitative estimate of drug-likeness (QED) is 0.856. The van der Waals surface area contributed by atoms with Crippen molar-refractivity contribution in [2.75, 3.05) is 13.2 Å². The van der Waals surface area contributed by atoms with Gasteiger partial charge in [-0.05, 0) is 30.9 Å². The zero-order valence-corrected chi connectivity index (χ0v) is 9.67. The SMILES string of the molecule is O=C(COc1ccccc1Cl)NCC1CC1. The number of hydrogen-bond acceptors (Lipinski definition) is 2. The monoisotopic (exact) mass is 239 g/mol. The Hall–Kier alpha value is -1.22. The minimum Gasteiger partial charge on any atom is -0.482 e. The molecular weight excluding hydrogens is 226 g/mol. The number of ether oxygens (including phenoxy) is 1. The van der Waals surface area contributed by atoms with E-state index in [9.17, 15) is 4.79 Å². The Morgan fingerprint density at radius 3 is 2.88 bits per heavy atom. The Bertz CT molecular complexity index is 377. The smallest absolute Gasteiger partial charge is 0.257 e. The highest BCUT2D eigenvalue weighted by Crippen LogP contribution is 2.27. The number of para-hydroxylation sites is 1. The average Bonchev–Trinajstić information content (AvgIpc) is 3.09. The number of nitrogens with one attached hydrogen (secondary N) is 1. The summed E-state index contributed by atoms with van der Waals surface area (Å²) >= 11 is 5.89. The molecule has 1 fully saturated rings. The molecule has 1 saturated carbocycles. The first-order chi connectivity index (χ1) is 7.75. The highest BCUT2D eigenvalue weighted by Gasteiger charge is 2.21. The van der Waals surface area contributed by atoms with Crippen LogP contribution in [0.2, 0.25) is 5.02 Å². The standard InChI is InChI=1S/C12H14ClNO2/c13-10-3-1-2-4-11(10)16-8-12(15)14-7-9-5-6-9/h1-4,9H,5-8H2,(H,14,15). The topological polar surface area (TPSA) is 38.3 Å². The van der Waals surface area contributed by atoms with Crippen LogP contribution < -0.4 is 10.1 Å². The molecule has 1 aliphatic rings. The summed E-state index contributed by atoms with van der Waals surface area (Å²) in [5.41, 5.74) is 0. The molecule has 0 bridgehead atoms. The summed E-state index contributed by atoms with van der Waals surface area (Å²) in [6.07, 6.45) is 2.46. The van der Waals surface area contributed by atoms with Crippen LogP contribution in [0.5, 0.6) is 5.75 Å². The normalized spacial score (nSPS) is 14.6. The van der Waals surface area contributed by atoms with Crippen LogP contribution in [0.25, 0.3) is 0 Å². The summed E-state index contributed by atoms with van der Waals surface area (Å²) in [4.78, 5) is 11.4. The molecule has 0 atom stereocenters. The average molecular weight is 240 g/mol. The number of carbonyl (C=O) groups is 1. The molecule has 1 aliphatic carbocycles. The van der Waals surface area contributed by atoms with Gasteiger partial charge in [0, 0.05) is 6.54 Å². The molecular formula is C12H14ClNO2. The van der Waals surface area contributed by atoms with Crippen molar-refractivity contribution >= 4 is 17.5 Å². The fourth-order valence-corrected chi connectivity index (χ4v) is 1.53. The maximum Gasteiger partial charge on any atom is 0.257 e. The van der Waals surface area contributed by atoms with Gasteiger partial charge in [0.1, 0.15) is 5.75 Å². The predicted octanol–water partition coefficient (Wildman–Crippen LogP) is 2.25. The number of rotatable bonds is 5. The van der Waals surface area contributed by atoms with Crippen LogP contribution in [0, 0.1) is 5.92 Å². The summed E-state index contributed by atoms with van der Waals surface area (Å²) in [5.74, 6) is 1.14. The van der Waals surface area contributed by atoms with E-state index in [0.29, 0.717) is 16.7 Å². The van der Waals surface area contributed by atoms with E-state index in [1.807, 2.05) is 12.1 Å². The van der Waals surface area contributed by atoms with Crippen LogP contribution in [0.1, 0.15) is 12.8 Å². The maximum atomic E-state index is 11.4. The molecule has 1 N–H and O–H groups in total. The number of benzene rings is 1. The molecule has 1 aromatic rings. The largest absolute Gasteiger partial charge is 0.482 e. The van der Waals surface area contributed by atoms with Gasteiger partial charge in [-0.15, -0.1) is 0 Å². The van der Waals surface area contributed by atoms with Gasteiger partial charge < -0.3 is 10.1 Å². The second-order valence-corrected chi connectivity index (χ2v) is 4.37. The Morgan fingerprint density at radius 1 is 1.44 bits per heavy atom. The van der Waals surface area contributed by atoms with E-state index in [2.05, 4.69) is 5.32 Å². The van der Waals surface area contributed by atoms with Crippen molar-refractivity contribution in [1.29, 1.82) is 0 Å². The number of amides is 1. The molecule has 0 heterocycles. The Balaban J connectivity index is 1.73. The summed E-state index contributed by atoms with van der Waals surface area (Å²) in [5, 5.41) is 3.35. The molecule has 0 spiro atoms. The second kappa shape index (κ2) is 5.21. The molecule has 0 saturated heterocycles. The lowest BCUT2D eigenvalue weighted by Gasteiger charge is -2.07. The van der Waals surface area contributed by atoms with E-state index in [-0.39, 0.29) is 12.5 Å². The molecule has 1 amide bonds. The lowest BCUT2D eigenvalue weighted by molar-refractivity contribution is -0.123. The second-order valence-electron chi connectivity index (χ2n) is 3.97. The van der Waals surface area contributed by atoms with E-state index in [1.54, 1.807) is 12.1 Å². The molecule has 1 aromatic carbocycles. The van der Waals surface area contributed by atoms with Crippen LogP contribution in [0.15, 0.2) is 24.3 Å². The number of carbonyl (C=O) groups excluding carboxylic acids is 1. The summed E-state index contributed by atoms with van der Waals surface area (Å²) < 4.78 is 5.31. The third kappa shape index (κ3) is 3.42. The van der Waals surface area contributed by atoms with Gasteiger partial charge >= 0.3 is 0 Å². The molecule has 0 aromatic heterocycles. The molecule has 3 nitrogen and oxygen atoms in total. The van der Waals surface area contributed by atoms with E-state index < -0.39 is 0 Å². The Kier molecular flexibility index (Phi) is 3.67. The van der Waals surface area contributed by atoms with E-state index in [0.717, 1.165) is 6.54 Å². The summed E-state index contributed by atoms with van der Waals surface area (Å²) in [6, 6.07) is 7.13. The first-order valence-corrected chi connectivity index (χ1v) is 5.77. The first kappa shape index (κ1) is 11.3. The minimum atomic E-state index is -0.0909. The zero-order valence-electron chi connectivity index (χ0n) is 8.91. The molecule has 0 aliphatic heterocycles. The Morgan fingerprint density at radius 2 is 2.19 bits per heavy atom. The van der Waals surface area contributed by atoms with Crippen molar-refractivity contribution in [1.82, 2.24) is 5.32 Å². The van der Waals surface area contributed by atoms with Gasteiger partial charge in [-0.1, -0.05) is 23.7 Å². The van der Waals surface area contributed by atoms with Crippen molar-refractivity contribution in [3.8, 4) is 5.75 Å². The van der Waals surface area contributed by atoms with E-state index in [1.165, 1.54) is 12.8 Å². The third-order valence-electron chi connectivity index (χ3n) is 2.48. The minimum absolute atomic E-state index is 0.0243. The molecule has 0 radical (unpaired) electrons. The number of hydrogen-bond donors (Lipinski definition) is 1. The fourth-order valence-electron chi connectivity index (χ4n) is 1.34. The highest BCUT2D eigenvalue weighted by atomic mass is 35.5. The molecule has 0 unspecified atom stereocenters.